The molecule has 0 radical (unpaired) electrons. The first kappa shape index (κ1) is 15.9. The fourth-order valence-electron chi connectivity index (χ4n) is 1.14. The van der Waals surface area contributed by atoms with Crippen LogP contribution in [-0.2, 0) is 15.2 Å². The van der Waals surface area contributed by atoms with Crippen molar-refractivity contribution in [1.82, 2.24) is 0 Å². The summed E-state index contributed by atoms with van der Waals surface area (Å²) >= 11 is 0. The van der Waals surface area contributed by atoms with E-state index in [4.69, 9.17) is 10.7 Å². The molecule has 19 heavy (non-hydrogen) atoms. The molecule has 0 aliphatic carbocycles. The maximum absolute atomic E-state index is 12.5. The Hall–Kier alpha value is -1.16. The zero-order valence-corrected chi connectivity index (χ0v) is 10.1. The topological polar surface area (TPSA) is 43.4 Å². The molecule has 0 unspecified atom stereocenters. The van der Waals surface area contributed by atoms with Gasteiger partial charge in [-0.2, -0.15) is 13.2 Å². The Morgan fingerprint density at radius 1 is 1.05 bits per heavy atom. The Labute approximate surface area is 107 Å². The number of hydrogen-bond acceptors (Lipinski definition) is 3. The summed E-state index contributed by atoms with van der Waals surface area (Å²) in [6.45, 7) is 0. The molecule has 11 heteroatoms. The molecule has 1 aromatic rings. The Morgan fingerprint density at radius 3 is 1.95 bits per heavy atom. The summed E-state index contributed by atoms with van der Waals surface area (Å²) in [5.41, 5.74) is -1.68. The molecule has 1 aromatic carbocycles. The van der Waals surface area contributed by atoms with Gasteiger partial charge in [0, 0.05) is 16.7 Å². The zero-order valence-electron chi connectivity index (χ0n) is 8.51. The van der Waals surface area contributed by atoms with E-state index in [9.17, 15) is 34.8 Å². The predicted molar refractivity (Wildman–Crippen MR) is 51.2 cm³/mol. The van der Waals surface area contributed by atoms with Gasteiger partial charge < -0.3 is 4.74 Å². The van der Waals surface area contributed by atoms with Crippen LogP contribution in [0.2, 0.25) is 0 Å². The van der Waals surface area contributed by atoms with Gasteiger partial charge in [-0.15, -0.1) is 13.2 Å². The van der Waals surface area contributed by atoms with Crippen molar-refractivity contribution >= 4 is 19.7 Å². The summed E-state index contributed by atoms with van der Waals surface area (Å²) in [4.78, 5) is -1.51. The lowest BCUT2D eigenvalue weighted by Crippen LogP contribution is -2.18. The summed E-state index contributed by atoms with van der Waals surface area (Å²) in [5, 5.41) is 0. The van der Waals surface area contributed by atoms with Crippen molar-refractivity contribution in [2.45, 2.75) is 17.4 Å². The average molecular weight is 329 g/mol. The average Bonchev–Trinajstić information content (AvgIpc) is 2.11. The minimum absolute atomic E-state index is 0.0542. The molecular formula is C8H3ClF6O3S. The van der Waals surface area contributed by atoms with Gasteiger partial charge in [-0.3, -0.25) is 0 Å². The predicted octanol–water partition coefficient (Wildman–Crippen LogP) is 3.53. The van der Waals surface area contributed by atoms with Crippen LogP contribution in [-0.4, -0.2) is 14.8 Å². The number of hydrogen-bond donors (Lipinski definition) is 0. The van der Waals surface area contributed by atoms with Crippen LogP contribution in [0.4, 0.5) is 26.3 Å². The van der Waals surface area contributed by atoms with Crippen molar-refractivity contribution in [2.75, 3.05) is 0 Å². The second kappa shape index (κ2) is 4.75. The number of benzene rings is 1. The quantitative estimate of drug-likeness (QED) is 0.616. The van der Waals surface area contributed by atoms with Gasteiger partial charge in [-0.25, -0.2) is 8.42 Å². The van der Waals surface area contributed by atoms with Crippen molar-refractivity contribution in [3.63, 3.8) is 0 Å². The first-order valence-corrected chi connectivity index (χ1v) is 6.53. The minimum Gasteiger partial charge on any atom is -0.406 e. The summed E-state index contributed by atoms with van der Waals surface area (Å²) in [6, 6.07) is 0.525. The van der Waals surface area contributed by atoms with Crippen molar-refractivity contribution in [2.24, 2.45) is 0 Å². The highest BCUT2D eigenvalue weighted by atomic mass is 35.7. The van der Waals surface area contributed by atoms with Gasteiger partial charge in [-0.05, 0) is 12.1 Å². The van der Waals surface area contributed by atoms with Crippen molar-refractivity contribution in [1.29, 1.82) is 0 Å². The van der Waals surface area contributed by atoms with Crippen molar-refractivity contribution < 1.29 is 39.5 Å². The maximum atomic E-state index is 12.5. The van der Waals surface area contributed by atoms with Crippen LogP contribution < -0.4 is 4.74 Å². The van der Waals surface area contributed by atoms with E-state index in [1.54, 1.807) is 0 Å². The fourth-order valence-corrected chi connectivity index (χ4v) is 2.22. The van der Waals surface area contributed by atoms with Gasteiger partial charge in [0.15, 0.2) is 0 Å². The molecule has 0 aliphatic rings. The Kier molecular flexibility index (Phi) is 3.97. The van der Waals surface area contributed by atoms with Crippen LogP contribution >= 0.6 is 10.7 Å². The highest BCUT2D eigenvalue weighted by Gasteiger charge is 2.38. The lowest BCUT2D eigenvalue weighted by Gasteiger charge is -2.13. The smallest absolute Gasteiger partial charge is 0.406 e. The van der Waals surface area contributed by atoms with Gasteiger partial charge >= 0.3 is 12.5 Å². The van der Waals surface area contributed by atoms with Crippen LogP contribution in [0.3, 0.4) is 0 Å². The van der Waals surface area contributed by atoms with Gasteiger partial charge in [0.1, 0.15) is 5.75 Å². The molecular weight excluding hydrogens is 326 g/mol. The summed E-state index contributed by atoms with van der Waals surface area (Å²) in [5.74, 6) is -1.13. The monoisotopic (exact) mass is 328 g/mol. The standard InChI is InChI=1S/C8H3ClF6O3S/c9-19(16,17)6-3-4(18-8(13,14)15)1-2-5(6)7(10,11)12/h1-3H. The normalized spacial score (nSPS) is 13.4. The second-order valence-electron chi connectivity index (χ2n) is 3.14. The van der Waals surface area contributed by atoms with Gasteiger partial charge in [-0.1, -0.05) is 0 Å². The summed E-state index contributed by atoms with van der Waals surface area (Å²) < 4.78 is 98.2. The highest BCUT2D eigenvalue weighted by molar-refractivity contribution is 8.13. The summed E-state index contributed by atoms with van der Waals surface area (Å²) in [6.07, 6.45) is -10.3. The van der Waals surface area contributed by atoms with E-state index in [-0.39, 0.29) is 12.1 Å². The lowest BCUT2D eigenvalue weighted by atomic mass is 10.2. The van der Waals surface area contributed by atoms with Crippen LogP contribution in [0, 0.1) is 0 Å². The van der Waals surface area contributed by atoms with E-state index in [1.807, 2.05) is 0 Å². The summed E-state index contributed by atoms with van der Waals surface area (Å²) in [7, 11) is -0.141. The van der Waals surface area contributed by atoms with Gasteiger partial charge in [0.2, 0.25) is 0 Å². The molecule has 1 rings (SSSR count). The molecule has 0 spiro atoms. The van der Waals surface area contributed by atoms with E-state index in [0.29, 0.717) is 6.07 Å². The zero-order chi connectivity index (χ0) is 15.1. The van der Waals surface area contributed by atoms with E-state index in [2.05, 4.69) is 4.74 Å². The molecule has 0 aliphatic heterocycles. The Morgan fingerprint density at radius 2 is 1.58 bits per heavy atom. The highest BCUT2D eigenvalue weighted by Crippen LogP contribution is 2.38. The van der Waals surface area contributed by atoms with Crippen LogP contribution in [0.1, 0.15) is 5.56 Å². The molecule has 0 saturated heterocycles. The molecule has 0 bridgehead atoms. The Bertz CT molecular complexity index is 577. The molecule has 0 fully saturated rings. The van der Waals surface area contributed by atoms with E-state index in [0.717, 1.165) is 0 Å². The van der Waals surface area contributed by atoms with Crippen molar-refractivity contribution in [3.8, 4) is 5.75 Å². The maximum Gasteiger partial charge on any atom is 0.573 e. The lowest BCUT2D eigenvalue weighted by molar-refractivity contribution is -0.274. The first-order valence-electron chi connectivity index (χ1n) is 4.22. The third kappa shape index (κ3) is 4.46. The van der Waals surface area contributed by atoms with E-state index in [1.165, 1.54) is 0 Å². The van der Waals surface area contributed by atoms with E-state index >= 15 is 0 Å². The molecule has 0 amide bonds. The molecule has 3 nitrogen and oxygen atoms in total. The first-order chi connectivity index (χ1) is 8.31. The molecule has 0 aromatic heterocycles. The third-order valence-corrected chi connectivity index (χ3v) is 3.12. The van der Waals surface area contributed by atoms with Crippen LogP contribution in [0.15, 0.2) is 23.1 Å². The fraction of sp³-hybridized carbons (Fsp3) is 0.250. The van der Waals surface area contributed by atoms with E-state index < -0.39 is 37.8 Å². The molecule has 0 atom stereocenters. The second-order valence-corrected chi connectivity index (χ2v) is 5.68. The van der Waals surface area contributed by atoms with Crippen LogP contribution in [0.25, 0.3) is 0 Å². The number of halogens is 7. The SMILES string of the molecule is O=S(=O)(Cl)c1cc(OC(F)(F)F)ccc1C(F)(F)F. The van der Waals surface area contributed by atoms with Gasteiger partial charge in [0.25, 0.3) is 9.05 Å². The largest absolute Gasteiger partial charge is 0.573 e. The number of rotatable bonds is 2. The number of alkyl halides is 6. The Balaban J connectivity index is 3.41. The molecule has 0 heterocycles. The van der Waals surface area contributed by atoms with Gasteiger partial charge in [0.05, 0.1) is 10.5 Å². The minimum atomic E-state index is -5.17. The number of ether oxygens (including phenoxy) is 1. The molecule has 0 N–H and O–H groups in total. The van der Waals surface area contributed by atoms with Crippen LogP contribution in [0.5, 0.6) is 5.75 Å². The molecule has 0 saturated carbocycles. The molecule has 108 valence electrons. The third-order valence-electron chi connectivity index (χ3n) is 1.75. The van der Waals surface area contributed by atoms with Crippen molar-refractivity contribution in [3.05, 3.63) is 23.8 Å².